The number of hydrogen-bond acceptors (Lipinski definition) is 2. The summed E-state index contributed by atoms with van der Waals surface area (Å²) >= 11 is 2.05. The van der Waals surface area contributed by atoms with Crippen LogP contribution >= 0.6 is 11.8 Å². The molecule has 0 saturated heterocycles. The van der Waals surface area contributed by atoms with E-state index in [-0.39, 0.29) is 0 Å². The van der Waals surface area contributed by atoms with Crippen molar-refractivity contribution in [2.75, 3.05) is 6.54 Å². The quantitative estimate of drug-likeness (QED) is 0.823. The smallest absolute Gasteiger partial charge is 0.0260 e. The summed E-state index contributed by atoms with van der Waals surface area (Å²) in [6, 6.07) is 8.83. The highest BCUT2D eigenvalue weighted by molar-refractivity contribution is 8.00. The fraction of sp³-hybridized carbons (Fsp3) is 0.625. The molecule has 0 aliphatic carbocycles. The Hall–Kier alpha value is -0.470. The van der Waals surface area contributed by atoms with Gasteiger partial charge in [-0.1, -0.05) is 39.0 Å². The van der Waals surface area contributed by atoms with Gasteiger partial charge in [0, 0.05) is 22.2 Å². The molecular weight excluding hydrogens is 238 g/mol. The Morgan fingerprint density at radius 2 is 1.83 bits per heavy atom. The number of benzene rings is 1. The summed E-state index contributed by atoms with van der Waals surface area (Å²) in [7, 11) is 0. The van der Waals surface area contributed by atoms with E-state index in [9.17, 15) is 0 Å². The van der Waals surface area contributed by atoms with E-state index in [0.717, 1.165) is 6.54 Å². The lowest BCUT2D eigenvalue weighted by molar-refractivity contribution is 0.291. The first-order valence-corrected chi connectivity index (χ1v) is 8.10. The molecule has 0 saturated carbocycles. The molecule has 0 bridgehead atoms. The van der Waals surface area contributed by atoms with E-state index in [2.05, 4.69) is 50.4 Å². The number of fused-ring (bicyclic) bond motifs is 1. The normalized spacial score (nSPS) is 18.9. The molecule has 1 aromatic carbocycles. The van der Waals surface area contributed by atoms with Gasteiger partial charge in [0.05, 0.1) is 0 Å². The van der Waals surface area contributed by atoms with Crippen molar-refractivity contribution in [3.63, 3.8) is 0 Å². The van der Waals surface area contributed by atoms with Crippen molar-refractivity contribution in [3.05, 3.63) is 29.8 Å². The summed E-state index contributed by atoms with van der Waals surface area (Å²) < 4.78 is 0. The van der Waals surface area contributed by atoms with Gasteiger partial charge in [0.1, 0.15) is 0 Å². The molecule has 18 heavy (non-hydrogen) atoms. The second-order valence-corrected chi connectivity index (χ2v) is 6.62. The maximum Gasteiger partial charge on any atom is 0.0260 e. The Labute approximate surface area is 116 Å². The largest absolute Gasteiger partial charge is 0.310 e. The SMILES string of the molecule is CCC(CC)(CC)NCC1Cc2ccccc2S1. The highest BCUT2D eigenvalue weighted by Crippen LogP contribution is 2.36. The molecule has 2 rings (SSSR count). The molecule has 0 spiro atoms. The molecule has 1 aromatic rings. The molecule has 2 heteroatoms. The van der Waals surface area contributed by atoms with E-state index in [0.29, 0.717) is 10.8 Å². The van der Waals surface area contributed by atoms with Gasteiger partial charge in [-0.3, -0.25) is 0 Å². The zero-order valence-electron chi connectivity index (χ0n) is 11.8. The average molecular weight is 263 g/mol. The summed E-state index contributed by atoms with van der Waals surface area (Å²) in [6.45, 7) is 8.04. The molecule has 1 unspecified atom stereocenters. The third-order valence-electron chi connectivity index (χ3n) is 4.45. The van der Waals surface area contributed by atoms with E-state index in [1.807, 2.05) is 11.8 Å². The van der Waals surface area contributed by atoms with Crippen molar-refractivity contribution in [1.82, 2.24) is 5.32 Å². The van der Waals surface area contributed by atoms with Crippen LogP contribution in [0.25, 0.3) is 0 Å². The maximum atomic E-state index is 3.84. The van der Waals surface area contributed by atoms with Crippen LogP contribution < -0.4 is 5.32 Å². The molecule has 0 radical (unpaired) electrons. The van der Waals surface area contributed by atoms with Crippen molar-refractivity contribution in [3.8, 4) is 0 Å². The van der Waals surface area contributed by atoms with E-state index in [4.69, 9.17) is 0 Å². The first-order valence-electron chi connectivity index (χ1n) is 7.22. The van der Waals surface area contributed by atoms with Gasteiger partial charge in [0.2, 0.25) is 0 Å². The molecule has 1 N–H and O–H groups in total. The summed E-state index contributed by atoms with van der Waals surface area (Å²) in [5.41, 5.74) is 1.89. The van der Waals surface area contributed by atoms with Crippen LogP contribution in [0.15, 0.2) is 29.2 Å². The predicted octanol–water partition coefficient (Wildman–Crippen LogP) is 4.26. The standard InChI is InChI=1S/C16H25NS/c1-4-16(5-2,6-3)17-12-14-11-13-9-7-8-10-15(13)18-14/h7-10,14,17H,4-6,11-12H2,1-3H3. The first-order chi connectivity index (χ1) is 8.73. The van der Waals surface area contributed by atoms with Crippen LogP contribution in [-0.2, 0) is 6.42 Å². The summed E-state index contributed by atoms with van der Waals surface area (Å²) in [6.07, 6.45) is 4.90. The second kappa shape index (κ2) is 6.12. The topological polar surface area (TPSA) is 12.0 Å². The van der Waals surface area contributed by atoms with Crippen LogP contribution in [0.1, 0.15) is 45.6 Å². The van der Waals surface area contributed by atoms with Crippen LogP contribution in [0.4, 0.5) is 0 Å². The predicted molar refractivity (Wildman–Crippen MR) is 81.4 cm³/mol. The van der Waals surface area contributed by atoms with Crippen molar-refractivity contribution < 1.29 is 0 Å². The first kappa shape index (κ1) is 14.0. The van der Waals surface area contributed by atoms with Gasteiger partial charge in [-0.05, 0) is 37.3 Å². The van der Waals surface area contributed by atoms with Gasteiger partial charge in [-0.15, -0.1) is 11.8 Å². The van der Waals surface area contributed by atoms with Crippen molar-refractivity contribution >= 4 is 11.8 Å². The second-order valence-electron chi connectivity index (χ2n) is 5.27. The fourth-order valence-electron chi connectivity index (χ4n) is 2.82. The molecule has 0 amide bonds. The Bertz CT molecular complexity index is 351. The molecule has 0 fully saturated rings. The van der Waals surface area contributed by atoms with Crippen LogP contribution in [0.3, 0.4) is 0 Å². The lowest BCUT2D eigenvalue weighted by Gasteiger charge is -2.33. The third-order valence-corrected chi connectivity index (χ3v) is 5.77. The average Bonchev–Trinajstić information content (AvgIpc) is 2.84. The van der Waals surface area contributed by atoms with Gasteiger partial charge in [-0.25, -0.2) is 0 Å². The van der Waals surface area contributed by atoms with Crippen molar-refractivity contribution in [2.24, 2.45) is 0 Å². The van der Waals surface area contributed by atoms with Crippen LogP contribution in [0, 0.1) is 0 Å². The minimum Gasteiger partial charge on any atom is -0.310 e. The molecule has 1 heterocycles. The number of rotatable bonds is 6. The highest BCUT2D eigenvalue weighted by Gasteiger charge is 2.27. The number of nitrogens with one attached hydrogen (secondary N) is 1. The molecule has 1 atom stereocenters. The Kier molecular flexibility index (Phi) is 4.74. The summed E-state index contributed by atoms with van der Waals surface area (Å²) in [4.78, 5) is 1.49. The van der Waals surface area contributed by atoms with E-state index in [1.165, 1.54) is 36.1 Å². The minimum atomic E-state index is 0.356. The minimum absolute atomic E-state index is 0.356. The van der Waals surface area contributed by atoms with Gasteiger partial charge in [0.15, 0.2) is 0 Å². The summed E-state index contributed by atoms with van der Waals surface area (Å²) in [5, 5.41) is 4.55. The Balaban J connectivity index is 1.90. The Morgan fingerprint density at radius 1 is 1.17 bits per heavy atom. The molecule has 100 valence electrons. The molecular formula is C16H25NS. The van der Waals surface area contributed by atoms with Gasteiger partial charge < -0.3 is 5.32 Å². The van der Waals surface area contributed by atoms with E-state index in [1.54, 1.807) is 0 Å². The lowest BCUT2D eigenvalue weighted by atomic mass is 9.89. The molecule has 0 aromatic heterocycles. The Morgan fingerprint density at radius 3 is 2.44 bits per heavy atom. The van der Waals surface area contributed by atoms with Crippen LogP contribution in [-0.4, -0.2) is 17.3 Å². The van der Waals surface area contributed by atoms with Crippen molar-refractivity contribution in [1.29, 1.82) is 0 Å². The number of hydrogen-bond donors (Lipinski definition) is 1. The number of thioether (sulfide) groups is 1. The van der Waals surface area contributed by atoms with E-state index >= 15 is 0 Å². The monoisotopic (exact) mass is 263 g/mol. The third kappa shape index (κ3) is 2.92. The summed E-state index contributed by atoms with van der Waals surface area (Å²) in [5.74, 6) is 0. The molecule has 1 aliphatic heterocycles. The highest BCUT2D eigenvalue weighted by atomic mass is 32.2. The fourth-order valence-corrected chi connectivity index (χ4v) is 4.07. The van der Waals surface area contributed by atoms with Crippen molar-refractivity contribution in [2.45, 2.75) is 62.1 Å². The van der Waals surface area contributed by atoms with Gasteiger partial charge in [0.25, 0.3) is 0 Å². The van der Waals surface area contributed by atoms with Gasteiger partial charge >= 0.3 is 0 Å². The van der Waals surface area contributed by atoms with Crippen LogP contribution in [0.5, 0.6) is 0 Å². The van der Waals surface area contributed by atoms with Crippen LogP contribution in [0.2, 0.25) is 0 Å². The zero-order chi connectivity index (χ0) is 13.0. The zero-order valence-corrected chi connectivity index (χ0v) is 12.6. The molecule has 1 aliphatic rings. The maximum absolute atomic E-state index is 3.84. The lowest BCUT2D eigenvalue weighted by Crippen LogP contribution is -2.46. The van der Waals surface area contributed by atoms with Gasteiger partial charge in [-0.2, -0.15) is 0 Å². The van der Waals surface area contributed by atoms with E-state index < -0.39 is 0 Å². The molecule has 1 nitrogen and oxygen atoms in total.